The molecule has 0 aliphatic carbocycles. The van der Waals surface area contributed by atoms with Crippen molar-refractivity contribution >= 4 is 12.0 Å². The molecule has 2 amide bonds. The Hall–Kier alpha value is -2.04. The topological polar surface area (TPSA) is 58.4 Å². The van der Waals surface area contributed by atoms with Crippen molar-refractivity contribution in [3.05, 3.63) is 35.9 Å². The molecular formula is C14H18N2O3. The third-order valence-electron chi connectivity index (χ3n) is 2.89. The Bertz CT molecular complexity index is 443. The van der Waals surface area contributed by atoms with Crippen molar-refractivity contribution in [1.82, 2.24) is 10.2 Å². The summed E-state index contributed by atoms with van der Waals surface area (Å²) in [5, 5.41) is 2.72. The van der Waals surface area contributed by atoms with Gasteiger partial charge < -0.3 is 15.0 Å². The standard InChI is InChI=1S/C14H18N2O3/c1-2-19-13(17)12(15-14(18)16-8-9-16)10-11-6-4-3-5-7-11/h3-7,12H,2,8-10H2,1H3,(H,15,18)/t12-/m0/s1. The predicted octanol–water partition coefficient (Wildman–Crippen LogP) is 1.19. The minimum atomic E-state index is -0.629. The number of hydrogen-bond acceptors (Lipinski definition) is 3. The van der Waals surface area contributed by atoms with Crippen molar-refractivity contribution in [2.75, 3.05) is 19.7 Å². The molecule has 0 saturated carbocycles. The van der Waals surface area contributed by atoms with Crippen LogP contribution in [0.2, 0.25) is 0 Å². The number of benzene rings is 1. The fraction of sp³-hybridized carbons (Fsp3) is 0.429. The number of esters is 1. The van der Waals surface area contributed by atoms with Crippen molar-refractivity contribution in [1.29, 1.82) is 0 Å². The first-order valence-corrected chi connectivity index (χ1v) is 6.46. The van der Waals surface area contributed by atoms with Gasteiger partial charge in [-0.25, -0.2) is 9.59 Å². The molecule has 5 heteroatoms. The van der Waals surface area contributed by atoms with E-state index >= 15 is 0 Å². The second kappa shape index (κ2) is 6.22. The van der Waals surface area contributed by atoms with Gasteiger partial charge in [-0.15, -0.1) is 0 Å². The summed E-state index contributed by atoms with van der Waals surface area (Å²) >= 11 is 0. The zero-order chi connectivity index (χ0) is 13.7. The lowest BCUT2D eigenvalue weighted by Crippen LogP contribution is -2.45. The summed E-state index contributed by atoms with van der Waals surface area (Å²) in [6.07, 6.45) is 0.444. The van der Waals surface area contributed by atoms with Crippen molar-refractivity contribution < 1.29 is 14.3 Å². The average molecular weight is 262 g/mol. The third-order valence-corrected chi connectivity index (χ3v) is 2.89. The predicted molar refractivity (Wildman–Crippen MR) is 70.7 cm³/mol. The monoisotopic (exact) mass is 262 g/mol. The van der Waals surface area contributed by atoms with E-state index in [2.05, 4.69) is 5.32 Å². The van der Waals surface area contributed by atoms with E-state index in [1.165, 1.54) is 0 Å². The Kier molecular flexibility index (Phi) is 4.39. The van der Waals surface area contributed by atoms with Gasteiger partial charge in [0, 0.05) is 19.5 Å². The first-order chi connectivity index (χ1) is 9.20. The first-order valence-electron chi connectivity index (χ1n) is 6.46. The average Bonchev–Trinajstić information content (AvgIpc) is 3.23. The quantitative estimate of drug-likeness (QED) is 0.640. The lowest BCUT2D eigenvalue weighted by atomic mass is 10.1. The summed E-state index contributed by atoms with van der Waals surface area (Å²) in [4.78, 5) is 25.2. The molecule has 1 fully saturated rings. The number of amides is 2. The first kappa shape index (κ1) is 13.4. The van der Waals surface area contributed by atoms with Gasteiger partial charge in [-0.2, -0.15) is 0 Å². The molecule has 0 aromatic heterocycles. The highest BCUT2D eigenvalue weighted by Gasteiger charge is 2.29. The Morgan fingerprint density at radius 1 is 1.32 bits per heavy atom. The fourth-order valence-electron chi connectivity index (χ4n) is 1.78. The van der Waals surface area contributed by atoms with E-state index in [9.17, 15) is 9.59 Å². The number of carbonyl (C=O) groups is 2. The van der Waals surface area contributed by atoms with Gasteiger partial charge in [0.15, 0.2) is 0 Å². The van der Waals surface area contributed by atoms with Crippen LogP contribution in [0.1, 0.15) is 12.5 Å². The molecule has 1 aromatic rings. The van der Waals surface area contributed by atoms with Gasteiger partial charge >= 0.3 is 12.0 Å². The van der Waals surface area contributed by atoms with Crippen LogP contribution in [-0.4, -0.2) is 42.6 Å². The summed E-state index contributed by atoms with van der Waals surface area (Å²) in [6, 6.07) is 8.75. The number of rotatable bonds is 5. The van der Waals surface area contributed by atoms with Crippen molar-refractivity contribution in [3.8, 4) is 0 Å². The normalized spacial score (nSPS) is 14.7. The summed E-state index contributed by atoms with van der Waals surface area (Å²) in [7, 11) is 0. The highest BCUT2D eigenvalue weighted by Crippen LogP contribution is 2.08. The van der Waals surface area contributed by atoms with Gasteiger partial charge in [-0.3, -0.25) is 0 Å². The Morgan fingerprint density at radius 3 is 2.58 bits per heavy atom. The summed E-state index contributed by atoms with van der Waals surface area (Å²) in [5.74, 6) is -0.387. The maximum atomic E-state index is 11.9. The van der Waals surface area contributed by atoms with Gasteiger partial charge in [0.25, 0.3) is 0 Å². The molecule has 1 aromatic carbocycles. The molecule has 2 rings (SSSR count). The second-order valence-corrected chi connectivity index (χ2v) is 4.43. The maximum absolute atomic E-state index is 11.9. The van der Waals surface area contributed by atoms with Crippen LogP contribution in [0.15, 0.2) is 30.3 Å². The van der Waals surface area contributed by atoms with Crippen molar-refractivity contribution in [2.24, 2.45) is 0 Å². The molecule has 0 bridgehead atoms. The van der Waals surface area contributed by atoms with Gasteiger partial charge in [0.1, 0.15) is 6.04 Å². The Labute approximate surface area is 112 Å². The molecule has 1 atom stereocenters. The fourth-order valence-corrected chi connectivity index (χ4v) is 1.78. The van der Waals surface area contributed by atoms with Crippen LogP contribution in [0.5, 0.6) is 0 Å². The lowest BCUT2D eigenvalue weighted by molar-refractivity contribution is -0.145. The van der Waals surface area contributed by atoms with Gasteiger partial charge in [0.05, 0.1) is 6.61 Å². The molecule has 1 aliphatic rings. The summed E-state index contributed by atoms with van der Waals surface area (Å²) in [6.45, 7) is 3.58. The van der Waals surface area contributed by atoms with Crippen molar-refractivity contribution in [2.45, 2.75) is 19.4 Å². The highest BCUT2D eigenvalue weighted by atomic mass is 16.5. The largest absolute Gasteiger partial charge is 0.464 e. The molecule has 5 nitrogen and oxygen atoms in total. The van der Waals surface area contributed by atoms with Crippen LogP contribution in [0.25, 0.3) is 0 Å². The molecule has 1 heterocycles. The van der Waals surface area contributed by atoms with Crippen LogP contribution < -0.4 is 5.32 Å². The van der Waals surface area contributed by atoms with E-state index in [1.54, 1.807) is 11.8 Å². The van der Waals surface area contributed by atoms with E-state index in [0.29, 0.717) is 13.0 Å². The zero-order valence-electron chi connectivity index (χ0n) is 11.0. The van der Waals surface area contributed by atoms with E-state index in [-0.39, 0.29) is 12.0 Å². The lowest BCUT2D eigenvalue weighted by Gasteiger charge is -2.17. The van der Waals surface area contributed by atoms with Gasteiger partial charge in [0.2, 0.25) is 0 Å². The molecule has 102 valence electrons. The van der Waals surface area contributed by atoms with Crippen LogP contribution in [0.3, 0.4) is 0 Å². The molecule has 0 spiro atoms. The molecular weight excluding hydrogens is 244 g/mol. The van der Waals surface area contributed by atoms with E-state index in [0.717, 1.165) is 18.7 Å². The molecule has 1 N–H and O–H groups in total. The smallest absolute Gasteiger partial charge is 0.329 e. The van der Waals surface area contributed by atoms with Crippen molar-refractivity contribution in [3.63, 3.8) is 0 Å². The summed E-state index contributed by atoms with van der Waals surface area (Å²) < 4.78 is 5.01. The third kappa shape index (κ3) is 3.98. The summed E-state index contributed by atoms with van der Waals surface area (Å²) in [5.41, 5.74) is 0.992. The second-order valence-electron chi connectivity index (χ2n) is 4.43. The number of carbonyl (C=O) groups excluding carboxylic acids is 2. The number of nitrogens with one attached hydrogen (secondary N) is 1. The maximum Gasteiger partial charge on any atom is 0.329 e. The van der Waals surface area contributed by atoms with E-state index in [4.69, 9.17) is 4.74 Å². The molecule has 19 heavy (non-hydrogen) atoms. The number of nitrogens with zero attached hydrogens (tertiary/aromatic N) is 1. The highest BCUT2D eigenvalue weighted by molar-refractivity contribution is 5.84. The van der Waals surface area contributed by atoms with Crippen LogP contribution in [-0.2, 0) is 16.0 Å². The number of hydrogen-bond donors (Lipinski definition) is 1. The minimum absolute atomic E-state index is 0.200. The molecule has 1 saturated heterocycles. The van der Waals surface area contributed by atoms with Gasteiger partial charge in [-0.1, -0.05) is 30.3 Å². The molecule has 0 radical (unpaired) electrons. The van der Waals surface area contributed by atoms with E-state index < -0.39 is 6.04 Å². The zero-order valence-corrected chi connectivity index (χ0v) is 11.0. The Balaban J connectivity index is 2.00. The SMILES string of the molecule is CCOC(=O)[C@H](Cc1ccccc1)NC(=O)N1CC1. The van der Waals surface area contributed by atoms with Gasteiger partial charge in [-0.05, 0) is 12.5 Å². The van der Waals surface area contributed by atoms with Crippen LogP contribution >= 0.6 is 0 Å². The number of urea groups is 1. The number of ether oxygens (including phenoxy) is 1. The molecule has 0 unspecified atom stereocenters. The Morgan fingerprint density at radius 2 is 2.00 bits per heavy atom. The minimum Gasteiger partial charge on any atom is -0.464 e. The van der Waals surface area contributed by atoms with E-state index in [1.807, 2.05) is 30.3 Å². The van der Waals surface area contributed by atoms with Crippen LogP contribution in [0.4, 0.5) is 4.79 Å². The van der Waals surface area contributed by atoms with Crippen LogP contribution in [0, 0.1) is 0 Å². The molecule has 1 aliphatic heterocycles.